The van der Waals surface area contributed by atoms with Crippen LogP contribution in [-0.4, -0.2) is 39.5 Å². The van der Waals surface area contributed by atoms with Crippen molar-refractivity contribution in [3.63, 3.8) is 0 Å². The van der Waals surface area contributed by atoms with Gasteiger partial charge in [-0.1, -0.05) is 30.3 Å². The number of aromatic nitrogens is 2. The van der Waals surface area contributed by atoms with Gasteiger partial charge in [-0.25, -0.2) is 13.3 Å². The van der Waals surface area contributed by atoms with Crippen LogP contribution in [0.5, 0.6) is 0 Å². The monoisotopic (exact) mass is 555 g/mol. The van der Waals surface area contributed by atoms with Crippen LogP contribution in [0.1, 0.15) is 83.7 Å². The third-order valence-corrected chi connectivity index (χ3v) is 8.87. The van der Waals surface area contributed by atoms with Gasteiger partial charge in [-0.3, -0.25) is 9.59 Å². The number of benzene rings is 2. The second kappa shape index (κ2) is 9.79. The van der Waals surface area contributed by atoms with E-state index in [2.05, 4.69) is 11.2 Å². The van der Waals surface area contributed by atoms with Gasteiger partial charge in [0.15, 0.2) is 5.82 Å². The van der Waals surface area contributed by atoms with Crippen molar-refractivity contribution in [3.05, 3.63) is 94.2 Å². The summed E-state index contributed by atoms with van der Waals surface area (Å²) < 4.78 is 38.1. The van der Waals surface area contributed by atoms with Gasteiger partial charge in [0.2, 0.25) is 0 Å². The van der Waals surface area contributed by atoms with Crippen LogP contribution in [0.25, 0.3) is 16.8 Å². The lowest BCUT2D eigenvalue weighted by Crippen LogP contribution is -2.39. The van der Waals surface area contributed by atoms with E-state index in [0.717, 1.165) is 36.1 Å². The molecule has 8 heteroatoms. The van der Waals surface area contributed by atoms with Crippen LogP contribution >= 0.6 is 0 Å². The minimum atomic E-state index is -0.642. The zero-order valence-corrected chi connectivity index (χ0v) is 23.1. The van der Waals surface area contributed by atoms with Crippen LogP contribution in [0, 0.1) is 17.6 Å². The van der Waals surface area contributed by atoms with E-state index in [1.165, 1.54) is 17.7 Å². The molecule has 2 aromatic carbocycles. The lowest BCUT2D eigenvalue weighted by molar-refractivity contribution is -0.144. The molecule has 2 saturated carbocycles. The second-order valence-electron chi connectivity index (χ2n) is 11.5. The third kappa shape index (κ3) is 4.40. The molecular formula is C33H31F2N3O3. The first-order chi connectivity index (χ1) is 19.9. The molecular weight excluding hydrogens is 524 g/mol. The van der Waals surface area contributed by atoms with Crippen molar-refractivity contribution in [2.75, 3.05) is 13.2 Å². The summed E-state index contributed by atoms with van der Waals surface area (Å²) >= 11 is 0. The average Bonchev–Trinajstić information content (AvgIpc) is 3.90. The maximum atomic E-state index is 16.1. The van der Waals surface area contributed by atoms with Crippen molar-refractivity contribution in [3.8, 4) is 11.3 Å². The van der Waals surface area contributed by atoms with Crippen LogP contribution in [-0.2, 0) is 16.0 Å². The van der Waals surface area contributed by atoms with E-state index in [1.807, 2.05) is 25.1 Å². The summed E-state index contributed by atoms with van der Waals surface area (Å²) in [7, 11) is 0. The summed E-state index contributed by atoms with van der Waals surface area (Å²) in [6.45, 7) is 4.58. The van der Waals surface area contributed by atoms with E-state index in [1.54, 1.807) is 34.5 Å². The van der Waals surface area contributed by atoms with Gasteiger partial charge in [0.1, 0.15) is 11.3 Å². The third-order valence-electron chi connectivity index (χ3n) is 8.87. The fraction of sp³-hybridized carbons (Fsp3) is 0.364. The molecule has 2 unspecified atom stereocenters. The SMILES string of the molecule is CCOC(=O)C1CC1c1ccc(-c2cc3c(F)c(C(=O)N4CCc5ccccc5[C@H]4C)cc(C4CC4)n3n2)c(F)c1. The molecule has 2 aromatic heterocycles. The lowest BCUT2D eigenvalue weighted by Gasteiger charge is -2.35. The average molecular weight is 556 g/mol. The Labute approximate surface area is 236 Å². The molecule has 3 aliphatic rings. The zero-order chi connectivity index (χ0) is 28.4. The molecule has 4 aromatic rings. The molecule has 0 saturated heterocycles. The van der Waals surface area contributed by atoms with Crippen LogP contribution in [0.2, 0.25) is 0 Å². The fourth-order valence-corrected chi connectivity index (χ4v) is 6.35. The number of nitrogens with zero attached hydrogens (tertiary/aromatic N) is 3. The predicted octanol–water partition coefficient (Wildman–Crippen LogP) is 6.58. The van der Waals surface area contributed by atoms with Gasteiger partial charge in [-0.15, -0.1) is 0 Å². The highest BCUT2D eigenvalue weighted by Gasteiger charge is 2.45. The normalized spacial score (nSPS) is 21.6. The van der Waals surface area contributed by atoms with Crippen molar-refractivity contribution in [2.24, 2.45) is 5.92 Å². The highest BCUT2D eigenvalue weighted by atomic mass is 19.1. The van der Waals surface area contributed by atoms with Crippen molar-refractivity contribution in [1.29, 1.82) is 0 Å². The number of halogens is 2. The van der Waals surface area contributed by atoms with E-state index >= 15 is 8.78 Å². The maximum Gasteiger partial charge on any atom is 0.309 e. The Morgan fingerprint density at radius 1 is 1.07 bits per heavy atom. The molecule has 41 heavy (non-hydrogen) atoms. The smallest absolute Gasteiger partial charge is 0.309 e. The molecule has 1 amide bonds. The summed E-state index contributed by atoms with van der Waals surface area (Å²) in [5.74, 6) is -1.83. The van der Waals surface area contributed by atoms with Crippen LogP contribution < -0.4 is 0 Å². The van der Waals surface area contributed by atoms with Gasteiger partial charge < -0.3 is 9.64 Å². The van der Waals surface area contributed by atoms with Crippen LogP contribution in [0.15, 0.2) is 54.6 Å². The summed E-state index contributed by atoms with van der Waals surface area (Å²) in [6, 6.07) is 15.9. The number of ether oxygens (including phenoxy) is 1. The number of amides is 1. The van der Waals surface area contributed by atoms with Crippen molar-refractivity contribution in [2.45, 2.75) is 57.4 Å². The standard InChI is InChI=1S/C33H31F2N3O3/c1-3-41-33(40)25-15-24(25)21-10-11-23(27(34)14-21)28-17-30-31(35)26(16-29(20-8-9-20)38(30)36-28)32(39)37-13-12-19-6-4-5-7-22(19)18(37)2/h4-7,10-11,14,16-18,20,24-25H,3,8-9,12-13,15H2,1-2H3/t18-,24?,25?/m1/s1. The Kier molecular flexibility index (Phi) is 6.17. The first kappa shape index (κ1) is 25.9. The number of pyridine rings is 1. The molecule has 6 nitrogen and oxygen atoms in total. The fourth-order valence-electron chi connectivity index (χ4n) is 6.35. The second-order valence-corrected chi connectivity index (χ2v) is 11.5. The molecule has 0 bridgehead atoms. The first-order valence-corrected chi connectivity index (χ1v) is 14.4. The Balaban J connectivity index is 1.23. The molecule has 0 N–H and O–H groups in total. The first-order valence-electron chi connectivity index (χ1n) is 14.4. The summed E-state index contributed by atoms with van der Waals surface area (Å²) in [5.41, 5.74) is 4.57. The van der Waals surface area contributed by atoms with E-state index in [9.17, 15) is 9.59 Å². The largest absolute Gasteiger partial charge is 0.466 e. The number of carbonyl (C=O) groups excluding carboxylic acids is 2. The highest BCUT2D eigenvalue weighted by molar-refractivity contribution is 5.96. The van der Waals surface area contributed by atoms with Crippen molar-refractivity contribution < 1.29 is 23.1 Å². The Bertz CT molecular complexity index is 1710. The number of rotatable bonds is 6. The van der Waals surface area contributed by atoms with Crippen molar-refractivity contribution >= 4 is 17.4 Å². The summed E-state index contributed by atoms with van der Waals surface area (Å²) in [6.07, 6.45) is 3.23. The molecule has 2 fully saturated rings. The molecule has 2 aliphatic carbocycles. The molecule has 3 atom stereocenters. The molecule has 7 rings (SSSR count). The number of hydrogen-bond donors (Lipinski definition) is 0. The van der Waals surface area contributed by atoms with E-state index in [0.29, 0.717) is 25.3 Å². The lowest BCUT2D eigenvalue weighted by atomic mass is 9.93. The van der Waals surface area contributed by atoms with E-state index < -0.39 is 11.6 Å². The number of fused-ring (bicyclic) bond motifs is 2. The molecule has 3 heterocycles. The molecule has 0 spiro atoms. The topological polar surface area (TPSA) is 63.9 Å². The summed E-state index contributed by atoms with van der Waals surface area (Å²) in [5, 5.41) is 4.62. The van der Waals surface area contributed by atoms with Gasteiger partial charge in [-0.05, 0) is 86.4 Å². The minimum Gasteiger partial charge on any atom is -0.466 e. The van der Waals surface area contributed by atoms with Gasteiger partial charge in [0.25, 0.3) is 5.91 Å². The molecule has 0 radical (unpaired) electrons. The van der Waals surface area contributed by atoms with Gasteiger partial charge in [-0.2, -0.15) is 5.10 Å². The van der Waals surface area contributed by atoms with Crippen molar-refractivity contribution in [1.82, 2.24) is 14.5 Å². The predicted molar refractivity (Wildman–Crippen MR) is 150 cm³/mol. The Morgan fingerprint density at radius 2 is 1.88 bits per heavy atom. The summed E-state index contributed by atoms with van der Waals surface area (Å²) in [4.78, 5) is 27.6. The minimum absolute atomic E-state index is 0.0339. The zero-order valence-electron chi connectivity index (χ0n) is 23.1. The number of hydrogen-bond acceptors (Lipinski definition) is 4. The van der Waals surface area contributed by atoms with Gasteiger partial charge in [0, 0.05) is 23.7 Å². The van der Waals surface area contributed by atoms with E-state index in [4.69, 9.17) is 4.74 Å². The maximum absolute atomic E-state index is 16.1. The van der Waals surface area contributed by atoms with Crippen LogP contribution in [0.3, 0.4) is 0 Å². The number of esters is 1. The Morgan fingerprint density at radius 3 is 2.63 bits per heavy atom. The van der Waals surface area contributed by atoms with Gasteiger partial charge in [0.05, 0.1) is 29.8 Å². The quantitative estimate of drug-likeness (QED) is 0.252. The Hall–Kier alpha value is -4.07. The molecule has 1 aliphatic heterocycles. The number of carbonyl (C=O) groups is 2. The van der Waals surface area contributed by atoms with E-state index in [-0.39, 0.29) is 52.3 Å². The van der Waals surface area contributed by atoms with Crippen LogP contribution in [0.4, 0.5) is 8.78 Å². The highest BCUT2D eigenvalue weighted by Crippen LogP contribution is 2.49. The van der Waals surface area contributed by atoms with Gasteiger partial charge >= 0.3 is 5.97 Å². The molecule has 210 valence electrons.